The van der Waals surface area contributed by atoms with E-state index < -0.39 is 0 Å². The van der Waals surface area contributed by atoms with Gasteiger partial charge in [0, 0.05) is 23.6 Å². The van der Waals surface area contributed by atoms with Crippen molar-refractivity contribution >= 4 is 12.4 Å². The number of aliphatic imine (C=N–C) groups is 2. The second-order valence-electron chi connectivity index (χ2n) is 10.3. The molecule has 2 aromatic carbocycles. The highest BCUT2D eigenvalue weighted by molar-refractivity contribution is 5.85. The highest BCUT2D eigenvalue weighted by atomic mass is 16.3. The Labute approximate surface area is 198 Å². The van der Waals surface area contributed by atoms with Crippen molar-refractivity contribution in [1.82, 2.24) is 0 Å². The first-order valence-electron chi connectivity index (χ1n) is 12.6. The Hall–Kier alpha value is -2.62. The lowest BCUT2D eigenvalue weighted by Crippen LogP contribution is -2.34. The van der Waals surface area contributed by atoms with Crippen LogP contribution >= 0.6 is 0 Å². The molecule has 5 atom stereocenters. The van der Waals surface area contributed by atoms with E-state index in [-0.39, 0.29) is 23.1 Å². The first kappa shape index (κ1) is 23.5. The number of hydrogen-bond acceptors (Lipinski definition) is 4. The summed E-state index contributed by atoms with van der Waals surface area (Å²) in [5.41, 5.74) is 3.84. The molecule has 4 rings (SSSR count). The van der Waals surface area contributed by atoms with E-state index >= 15 is 0 Å². The van der Waals surface area contributed by atoms with Gasteiger partial charge in [0.25, 0.3) is 0 Å². The average molecular weight is 447 g/mol. The molecule has 0 spiro atoms. The van der Waals surface area contributed by atoms with E-state index in [1.165, 1.54) is 17.5 Å². The van der Waals surface area contributed by atoms with Crippen LogP contribution in [0.4, 0.5) is 0 Å². The quantitative estimate of drug-likeness (QED) is 0.430. The van der Waals surface area contributed by atoms with Crippen molar-refractivity contribution in [2.24, 2.45) is 15.9 Å². The maximum absolute atomic E-state index is 10.4. The Morgan fingerprint density at radius 2 is 1.52 bits per heavy atom. The summed E-state index contributed by atoms with van der Waals surface area (Å²) in [5.74, 6) is 2.12. The van der Waals surface area contributed by atoms with E-state index in [2.05, 4.69) is 39.8 Å². The first-order chi connectivity index (χ1) is 15.8. The second kappa shape index (κ2) is 9.70. The molecule has 4 heteroatoms. The molecular weight excluding hydrogens is 408 g/mol. The van der Waals surface area contributed by atoms with Gasteiger partial charge in [-0.15, -0.1) is 0 Å². The van der Waals surface area contributed by atoms with Crippen molar-refractivity contribution < 1.29 is 10.2 Å². The number of benzene rings is 2. The molecule has 0 heterocycles. The molecule has 4 nitrogen and oxygen atoms in total. The number of phenols is 2. The Bertz CT molecular complexity index is 1040. The minimum Gasteiger partial charge on any atom is -0.507 e. The minimum absolute atomic E-state index is 0.110. The molecule has 0 aromatic heterocycles. The topological polar surface area (TPSA) is 65.2 Å². The van der Waals surface area contributed by atoms with Crippen LogP contribution in [0.2, 0.25) is 0 Å². The summed E-state index contributed by atoms with van der Waals surface area (Å²) in [5, 5.41) is 20.8. The van der Waals surface area contributed by atoms with Crippen LogP contribution in [0.15, 0.2) is 46.4 Å². The van der Waals surface area contributed by atoms with Gasteiger partial charge in [-0.05, 0) is 91.7 Å². The number of phenolic OH excluding ortho intramolecular Hbond substituents is 2. The fraction of sp³-hybridized carbons (Fsp3) is 0.517. The summed E-state index contributed by atoms with van der Waals surface area (Å²) >= 11 is 0. The third-order valence-corrected chi connectivity index (χ3v) is 8.12. The standard InChI is InChI=1S/C29H38N2O2/c1-5-19(3)22-7-9-26(32)24(14-22)17-30-28-13-21-11-12-29(28,16-21)31-18-25-15-23(20(4)6-2)8-10-27(25)33/h7-10,14-15,17-21,28,32-33H,5-6,11-13,16H2,1-4H3. The summed E-state index contributed by atoms with van der Waals surface area (Å²) < 4.78 is 0. The summed E-state index contributed by atoms with van der Waals surface area (Å²) in [6.07, 6.45) is 10.2. The third-order valence-electron chi connectivity index (χ3n) is 8.12. The Morgan fingerprint density at radius 3 is 2.06 bits per heavy atom. The molecule has 2 saturated carbocycles. The van der Waals surface area contributed by atoms with Gasteiger partial charge in [-0.3, -0.25) is 9.98 Å². The Morgan fingerprint density at radius 1 is 0.939 bits per heavy atom. The summed E-state index contributed by atoms with van der Waals surface area (Å²) in [6, 6.07) is 11.8. The van der Waals surface area contributed by atoms with Crippen LogP contribution in [-0.2, 0) is 0 Å². The molecule has 5 unspecified atom stereocenters. The van der Waals surface area contributed by atoms with Crippen LogP contribution < -0.4 is 0 Å². The van der Waals surface area contributed by atoms with E-state index in [0.29, 0.717) is 17.8 Å². The molecule has 33 heavy (non-hydrogen) atoms. The van der Waals surface area contributed by atoms with Crippen LogP contribution in [-0.4, -0.2) is 34.2 Å². The van der Waals surface area contributed by atoms with Crippen molar-refractivity contribution in [2.75, 3.05) is 0 Å². The highest BCUT2D eigenvalue weighted by Gasteiger charge is 2.52. The number of hydrogen-bond donors (Lipinski definition) is 2. The number of rotatable bonds is 8. The largest absolute Gasteiger partial charge is 0.507 e. The predicted octanol–water partition coefficient (Wildman–Crippen LogP) is 6.97. The van der Waals surface area contributed by atoms with Crippen LogP contribution in [0.3, 0.4) is 0 Å². The second-order valence-corrected chi connectivity index (χ2v) is 10.3. The summed E-state index contributed by atoms with van der Waals surface area (Å²) in [4.78, 5) is 10.1. The molecule has 0 radical (unpaired) electrons. The average Bonchev–Trinajstić information content (AvgIpc) is 3.40. The molecule has 0 aliphatic heterocycles. The summed E-state index contributed by atoms with van der Waals surface area (Å²) in [6.45, 7) is 8.78. The Kier molecular flexibility index (Phi) is 6.92. The maximum Gasteiger partial charge on any atom is 0.124 e. The molecule has 2 aromatic rings. The van der Waals surface area contributed by atoms with E-state index in [1.54, 1.807) is 12.1 Å². The SMILES string of the molecule is CCC(C)c1ccc(O)c(C=NC2CC3CCC2(N=Cc2cc(C(C)CC)ccc2O)C3)c1. The molecule has 0 saturated heterocycles. The van der Waals surface area contributed by atoms with Crippen LogP contribution in [0.25, 0.3) is 0 Å². The normalized spacial score (nSPS) is 26.4. The zero-order valence-electron chi connectivity index (χ0n) is 20.5. The van der Waals surface area contributed by atoms with E-state index in [1.807, 2.05) is 24.6 Å². The molecule has 2 fully saturated rings. The fourth-order valence-electron chi connectivity index (χ4n) is 5.41. The summed E-state index contributed by atoms with van der Waals surface area (Å²) in [7, 11) is 0. The lowest BCUT2D eigenvalue weighted by molar-refractivity contribution is 0.367. The first-order valence-corrected chi connectivity index (χ1v) is 12.6. The molecule has 176 valence electrons. The molecular formula is C29H38N2O2. The van der Waals surface area contributed by atoms with Crippen molar-refractivity contribution in [3.63, 3.8) is 0 Å². The molecule has 0 amide bonds. The molecule has 2 aliphatic carbocycles. The van der Waals surface area contributed by atoms with Gasteiger partial charge < -0.3 is 10.2 Å². The van der Waals surface area contributed by atoms with Crippen LogP contribution in [0, 0.1) is 5.92 Å². The Balaban J connectivity index is 1.58. The third kappa shape index (κ3) is 4.85. The van der Waals surface area contributed by atoms with Crippen molar-refractivity contribution in [2.45, 2.75) is 89.6 Å². The van der Waals surface area contributed by atoms with Crippen LogP contribution in [0.1, 0.15) is 100 Å². The molecule has 2 bridgehead atoms. The maximum atomic E-state index is 10.4. The van der Waals surface area contributed by atoms with Crippen molar-refractivity contribution in [3.05, 3.63) is 58.7 Å². The van der Waals surface area contributed by atoms with Gasteiger partial charge in [0.1, 0.15) is 11.5 Å². The predicted molar refractivity (Wildman–Crippen MR) is 137 cm³/mol. The zero-order valence-corrected chi connectivity index (χ0v) is 20.5. The smallest absolute Gasteiger partial charge is 0.124 e. The lowest BCUT2D eigenvalue weighted by Gasteiger charge is -2.28. The number of aromatic hydroxyl groups is 2. The van der Waals surface area contributed by atoms with Gasteiger partial charge in [0.15, 0.2) is 0 Å². The van der Waals surface area contributed by atoms with Crippen molar-refractivity contribution in [3.8, 4) is 11.5 Å². The van der Waals surface area contributed by atoms with Gasteiger partial charge in [-0.25, -0.2) is 0 Å². The highest BCUT2D eigenvalue weighted by Crippen LogP contribution is 2.51. The van der Waals surface area contributed by atoms with E-state index in [4.69, 9.17) is 9.98 Å². The molecule has 2 aliphatic rings. The van der Waals surface area contributed by atoms with Crippen LogP contribution in [0.5, 0.6) is 11.5 Å². The molecule has 2 N–H and O–H groups in total. The number of fused-ring (bicyclic) bond motifs is 2. The fourth-order valence-corrected chi connectivity index (χ4v) is 5.41. The van der Waals surface area contributed by atoms with Gasteiger partial charge in [0.05, 0.1) is 11.6 Å². The lowest BCUT2D eigenvalue weighted by atomic mass is 9.89. The van der Waals surface area contributed by atoms with E-state index in [9.17, 15) is 10.2 Å². The van der Waals surface area contributed by atoms with E-state index in [0.717, 1.165) is 43.2 Å². The number of nitrogens with zero attached hydrogens (tertiary/aromatic N) is 2. The monoisotopic (exact) mass is 446 g/mol. The zero-order chi connectivity index (χ0) is 23.6. The van der Waals surface area contributed by atoms with Gasteiger partial charge in [-0.2, -0.15) is 0 Å². The van der Waals surface area contributed by atoms with Gasteiger partial charge >= 0.3 is 0 Å². The minimum atomic E-state index is -0.204. The van der Waals surface area contributed by atoms with Gasteiger partial charge in [0.2, 0.25) is 0 Å². The van der Waals surface area contributed by atoms with Gasteiger partial charge in [-0.1, -0.05) is 39.8 Å². The van der Waals surface area contributed by atoms with Crippen molar-refractivity contribution in [1.29, 1.82) is 0 Å².